The minimum absolute atomic E-state index is 0.0408. The largest absolute Gasteiger partial charge is 0.457 e. The summed E-state index contributed by atoms with van der Waals surface area (Å²) in [5.41, 5.74) is 2.01. The van der Waals surface area contributed by atoms with Crippen molar-refractivity contribution in [1.29, 1.82) is 0 Å². The molecule has 2 aromatic rings. The van der Waals surface area contributed by atoms with Crippen molar-refractivity contribution in [2.75, 3.05) is 32.9 Å². The summed E-state index contributed by atoms with van der Waals surface area (Å²) in [7, 11) is 0. The molecule has 0 radical (unpaired) electrons. The van der Waals surface area contributed by atoms with Gasteiger partial charge in [0.15, 0.2) is 5.96 Å². The van der Waals surface area contributed by atoms with Gasteiger partial charge < -0.3 is 25.2 Å². The van der Waals surface area contributed by atoms with Crippen LogP contribution in [0.4, 0.5) is 4.39 Å². The molecule has 1 aliphatic rings. The second-order valence-electron chi connectivity index (χ2n) is 7.98. The summed E-state index contributed by atoms with van der Waals surface area (Å²) in [5, 5.41) is 16.1. The van der Waals surface area contributed by atoms with Crippen molar-refractivity contribution in [3.63, 3.8) is 0 Å². The third-order valence-electron chi connectivity index (χ3n) is 5.50. The van der Waals surface area contributed by atoms with Crippen molar-refractivity contribution >= 4 is 5.96 Å². The molecule has 0 spiro atoms. The van der Waals surface area contributed by atoms with E-state index in [0.717, 1.165) is 42.4 Å². The summed E-state index contributed by atoms with van der Waals surface area (Å²) in [5.74, 6) is 1.79. The first-order valence-corrected chi connectivity index (χ1v) is 10.8. The average molecular weight is 430 g/mol. The number of ether oxygens (including phenoxy) is 2. The van der Waals surface area contributed by atoms with Crippen LogP contribution in [0.5, 0.6) is 11.5 Å². The molecule has 7 heteroatoms. The highest BCUT2D eigenvalue weighted by Crippen LogP contribution is 2.31. The Bertz CT molecular complexity index is 865. The predicted octanol–water partition coefficient (Wildman–Crippen LogP) is 3.77. The summed E-state index contributed by atoms with van der Waals surface area (Å²) in [6.07, 6.45) is 1.66. The van der Waals surface area contributed by atoms with Crippen LogP contribution in [-0.2, 0) is 11.3 Å². The first kappa shape index (κ1) is 23.0. The van der Waals surface area contributed by atoms with Crippen LogP contribution >= 0.6 is 0 Å². The summed E-state index contributed by atoms with van der Waals surface area (Å²) >= 11 is 0. The zero-order valence-corrected chi connectivity index (χ0v) is 18.3. The Morgan fingerprint density at radius 2 is 2.03 bits per heavy atom. The van der Waals surface area contributed by atoms with E-state index in [1.807, 2.05) is 32.0 Å². The van der Waals surface area contributed by atoms with Gasteiger partial charge in [0, 0.05) is 31.7 Å². The van der Waals surface area contributed by atoms with Gasteiger partial charge in [-0.05, 0) is 68.1 Å². The van der Waals surface area contributed by atoms with Gasteiger partial charge in [-0.1, -0.05) is 12.1 Å². The fourth-order valence-corrected chi connectivity index (χ4v) is 3.65. The van der Waals surface area contributed by atoms with E-state index < -0.39 is 0 Å². The van der Waals surface area contributed by atoms with E-state index in [1.54, 1.807) is 12.1 Å². The molecule has 0 bridgehead atoms. The van der Waals surface area contributed by atoms with E-state index in [1.165, 1.54) is 12.1 Å². The van der Waals surface area contributed by atoms with Crippen LogP contribution in [0, 0.1) is 18.2 Å². The molecule has 1 fully saturated rings. The highest BCUT2D eigenvalue weighted by Gasteiger charge is 2.34. The van der Waals surface area contributed by atoms with Gasteiger partial charge in [0.05, 0.1) is 13.2 Å². The molecule has 0 saturated carbocycles. The number of aliphatic hydroxyl groups is 1. The van der Waals surface area contributed by atoms with E-state index in [0.29, 0.717) is 31.9 Å². The summed E-state index contributed by atoms with van der Waals surface area (Å²) < 4.78 is 24.5. The minimum Gasteiger partial charge on any atom is -0.457 e. The van der Waals surface area contributed by atoms with Crippen molar-refractivity contribution in [2.24, 2.45) is 10.4 Å². The predicted molar refractivity (Wildman–Crippen MR) is 120 cm³/mol. The number of halogens is 1. The molecule has 3 N–H and O–H groups in total. The van der Waals surface area contributed by atoms with Gasteiger partial charge >= 0.3 is 0 Å². The average Bonchev–Trinajstić information content (AvgIpc) is 3.22. The molecule has 168 valence electrons. The number of aliphatic hydroxyl groups excluding tert-OH is 1. The smallest absolute Gasteiger partial charge is 0.191 e. The van der Waals surface area contributed by atoms with Crippen LogP contribution in [0.25, 0.3) is 0 Å². The lowest BCUT2D eigenvalue weighted by Gasteiger charge is -2.27. The zero-order valence-electron chi connectivity index (χ0n) is 18.3. The number of nitrogens with one attached hydrogen (secondary N) is 2. The third kappa shape index (κ3) is 6.67. The Hall–Kier alpha value is -2.64. The van der Waals surface area contributed by atoms with Crippen molar-refractivity contribution in [1.82, 2.24) is 10.6 Å². The number of rotatable bonds is 9. The van der Waals surface area contributed by atoms with Crippen LogP contribution < -0.4 is 15.4 Å². The molecule has 1 aliphatic heterocycles. The van der Waals surface area contributed by atoms with E-state index >= 15 is 0 Å². The molecule has 2 aromatic carbocycles. The zero-order chi connectivity index (χ0) is 22.1. The summed E-state index contributed by atoms with van der Waals surface area (Å²) in [4.78, 5) is 4.71. The number of benzene rings is 2. The highest BCUT2D eigenvalue weighted by molar-refractivity contribution is 5.79. The molecular weight excluding hydrogens is 397 g/mol. The molecule has 1 heterocycles. The van der Waals surface area contributed by atoms with Crippen LogP contribution in [0.1, 0.15) is 30.9 Å². The molecule has 1 atom stereocenters. The Kier molecular flexibility index (Phi) is 8.26. The molecule has 1 saturated heterocycles. The Labute approximate surface area is 183 Å². The Morgan fingerprint density at radius 3 is 2.68 bits per heavy atom. The van der Waals surface area contributed by atoms with Crippen LogP contribution in [0.15, 0.2) is 47.5 Å². The first-order valence-electron chi connectivity index (χ1n) is 10.8. The van der Waals surface area contributed by atoms with Crippen LogP contribution in [0.3, 0.4) is 0 Å². The molecule has 1 unspecified atom stereocenters. The molecule has 0 aromatic heterocycles. The number of aryl methyl sites for hydroxylation is 1. The fourth-order valence-electron chi connectivity index (χ4n) is 3.65. The first-order chi connectivity index (χ1) is 15.0. The minimum atomic E-state index is -0.287. The SMILES string of the molecule is CCNC(=NCc1ccc(Oc2ccc(F)cc2)c(C)c1)NCC1(CCO)CCOC1. The van der Waals surface area contributed by atoms with E-state index in [4.69, 9.17) is 14.5 Å². The molecular formula is C24H32FN3O3. The molecule has 6 nitrogen and oxygen atoms in total. The maximum absolute atomic E-state index is 13.1. The van der Waals surface area contributed by atoms with Gasteiger partial charge in [0.1, 0.15) is 17.3 Å². The second kappa shape index (κ2) is 11.1. The standard InChI is InChI=1S/C24H32FN3O3/c1-3-26-23(28-16-24(10-12-29)11-13-30-17-24)27-15-19-4-9-22(18(2)14-19)31-21-7-5-20(25)6-8-21/h4-9,14,29H,3,10-13,15-17H2,1-2H3,(H2,26,27,28). The lowest BCUT2D eigenvalue weighted by Crippen LogP contribution is -2.44. The molecule has 0 aliphatic carbocycles. The number of aliphatic imine (C=N–C) groups is 1. The Morgan fingerprint density at radius 1 is 1.23 bits per heavy atom. The van der Waals surface area contributed by atoms with Gasteiger partial charge in [-0.15, -0.1) is 0 Å². The van der Waals surface area contributed by atoms with E-state index in [2.05, 4.69) is 10.6 Å². The maximum Gasteiger partial charge on any atom is 0.191 e. The quantitative estimate of drug-likeness (QED) is 0.418. The number of hydrogen-bond donors (Lipinski definition) is 3. The van der Waals surface area contributed by atoms with Crippen molar-refractivity contribution < 1.29 is 19.0 Å². The van der Waals surface area contributed by atoms with E-state index in [9.17, 15) is 9.50 Å². The second-order valence-corrected chi connectivity index (χ2v) is 7.98. The lowest BCUT2D eigenvalue weighted by molar-refractivity contribution is 0.127. The van der Waals surface area contributed by atoms with Crippen molar-refractivity contribution in [3.05, 3.63) is 59.4 Å². The van der Waals surface area contributed by atoms with Crippen molar-refractivity contribution in [3.8, 4) is 11.5 Å². The Balaban J connectivity index is 1.62. The summed E-state index contributed by atoms with van der Waals surface area (Å²) in [6, 6.07) is 11.9. The van der Waals surface area contributed by atoms with E-state index in [-0.39, 0.29) is 17.8 Å². The van der Waals surface area contributed by atoms with Crippen molar-refractivity contribution in [2.45, 2.75) is 33.2 Å². The van der Waals surface area contributed by atoms with Gasteiger partial charge in [0.25, 0.3) is 0 Å². The fraction of sp³-hybridized carbons (Fsp3) is 0.458. The molecule has 31 heavy (non-hydrogen) atoms. The number of nitrogens with zero attached hydrogens (tertiary/aromatic N) is 1. The molecule has 3 rings (SSSR count). The van der Waals surface area contributed by atoms with Gasteiger partial charge in [-0.2, -0.15) is 0 Å². The van der Waals surface area contributed by atoms with Gasteiger partial charge in [-0.3, -0.25) is 0 Å². The monoisotopic (exact) mass is 429 g/mol. The van der Waals surface area contributed by atoms with Crippen LogP contribution in [0.2, 0.25) is 0 Å². The number of hydrogen-bond acceptors (Lipinski definition) is 4. The lowest BCUT2D eigenvalue weighted by atomic mass is 9.84. The summed E-state index contributed by atoms with van der Waals surface area (Å²) in [6.45, 7) is 7.57. The topological polar surface area (TPSA) is 75.1 Å². The van der Waals surface area contributed by atoms with Crippen LogP contribution in [-0.4, -0.2) is 44.0 Å². The maximum atomic E-state index is 13.1. The number of guanidine groups is 1. The molecule has 0 amide bonds. The third-order valence-corrected chi connectivity index (χ3v) is 5.50. The van der Waals surface area contributed by atoms with Gasteiger partial charge in [0.2, 0.25) is 0 Å². The van der Waals surface area contributed by atoms with Gasteiger partial charge in [-0.25, -0.2) is 9.38 Å². The highest BCUT2D eigenvalue weighted by atomic mass is 19.1. The normalized spacial score (nSPS) is 18.8.